The molecule has 1 atom stereocenters. The molecule has 1 unspecified atom stereocenters. The molecule has 0 saturated carbocycles. The van der Waals surface area contributed by atoms with Crippen molar-refractivity contribution in [2.45, 2.75) is 23.1 Å². The Morgan fingerprint density at radius 1 is 1.14 bits per heavy atom. The molecule has 3 rings (SSSR count). The summed E-state index contributed by atoms with van der Waals surface area (Å²) in [5.74, 6) is 0.586. The number of cyclic esters (lactones) is 1. The first-order chi connectivity index (χ1) is 10.6. The first-order valence-corrected chi connectivity index (χ1v) is 7.42. The number of nitrogens with zero attached hydrogens (tertiary/aromatic N) is 2. The van der Waals surface area contributed by atoms with E-state index in [1.165, 1.54) is 26.0 Å². The molecule has 0 saturated heterocycles. The molecule has 1 aromatic carbocycles. The predicted octanol–water partition coefficient (Wildman–Crippen LogP) is 2.88. The summed E-state index contributed by atoms with van der Waals surface area (Å²) >= 11 is 1.37. The van der Waals surface area contributed by atoms with Crippen LogP contribution in [0.2, 0.25) is 0 Å². The third-order valence-corrected chi connectivity index (χ3v) is 4.11. The molecule has 2 heterocycles. The second-order valence-electron chi connectivity index (χ2n) is 4.63. The number of benzene rings is 1. The van der Waals surface area contributed by atoms with E-state index in [0.717, 1.165) is 10.5 Å². The molecular weight excluding hydrogens is 304 g/mol. The number of esters is 1. The van der Waals surface area contributed by atoms with Crippen molar-refractivity contribution in [2.75, 3.05) is 14.2 Å². The smallest absolute Gasteiger partial charge is 0.339 e. The minimum absolute atomic E-state index is 0.233. The monoisotopic (exact) mass is 318 g/mol. The lowest BCUT2D eigenvalue weighted by molar-refractivity contribution is 0.0421. The number of hydrogen-bond donors (Lipinski definition) is 0. The molecular formula is C15H14N2O4S. The fourth-order valence-corrected chi connectivity index (χ4v) is 2.96. The Hall–Kier alpha value is -2.28. The summed E-state index contributed by atoms with van der Waals surface area (Å²) < 4.78 is 15.5. The normalized spacial score (nSPS) is 16.1. The average Bonchev–Trinajstić information content (AvgIpc) is 2.81. The van der Waals surface area contributed by atoms with E-state index in [9.17, 15) is 4.79 Å². The second kappa shape index (κ2) is 5.84. The quantitative estimate of drug-likeness (QED) is 0.634. The fourth-order valence-electron chi connectivity index (χ4n) is 2.16. The molecule has 7 heteroatoms. The van der Waals surface area contributed by atoms with Gasteiger partial charge in [-0.25, -0.2) is 4.79 Å². The lowest BCUT2D eigenvalue weighted by Gasteiger charge is -2.07. The zero-order valence-corrected chi connectivity index (χ0v) is 13.1. The van der Waals surface area contributed by atoms with Gasteiger partial charge in [-0.15, -0.1) is 0 Å². The molecule has 1 aliphatic rings. The van der Waals surface area contributed by atoms with Crippen LogP contribution in [0.5, 0.6) is 11.8 Å². The van der Waals surface area contributed by atoms with E-state index >= 15 is 0 Å². The molecule has 0 radical (unpaired) electrons. The van der Waals surface area contributed by atoms with Gasteiger partial charge >= 0.3 is 5.97 Å². The molecule has 0 fully saturated rings. The average molecular weight is 318 g/mol. The molecule has 6 nitrogen and oxygen atoms in total. The third-order valence-electron chi connectivity index (χ3n) is 3.25. The Labute approximate surface area is 131 Å². The summed E-state index contributed by atoms with van der Waals surface area (Å²) in [4.78, 5) is 21.1. The Morgan fingerprint density at radius 3 is 2.45 bits per heavy atom. The van der Waals surface area contributed by atoms with Gasteiger partial charge in [0.15, 0.2) is 5.16 Å². The van der Waals surface area contributed by atoms with Crippen LogP contribution in [0.3, 0.4) is 0 Å². The Kier molecular flexibility index (Phi) is 3.89. The van der Waals surface area contributed by atoms with Crippen LogP contribution in [-0.4, -0.2) is 30.2 Å². The van der Waals surface area contributed by atoms with Gasteiger partial charge in [0, 0.05) is 10.5 Å². The van der Waals surface area contributed by atoms with Crippen molar-refractivity contribution in [3.8, 4) is 11.8 Å². The van der Waals surface area contributed by atoms with Crippen LogP contribution in [-0.2, 0) is 4.74 Å². The highest BCUT2D eigenvalue weighted by Crippen LogP contribution is 2.35. The van der Waals surface area contributed by atoms with Crippen molar-refractivity contribution in [3.05, 3.63) is 35.4 Å². The lowest BCUT2D eigenvalue weighted by atomic mass is 10.1. The summed E-state index contributed by atoms with van der Waals surface area (Å²) in [6.45, 7) is 1.85. The van der Waals surface area contributed by atoms with Gasteiger partial charge in [-0.1, -0.05) is 0 Å². The Bertz CT molecular complexity index is 713. The van der Waals surface area contributed by atoms with Gasteiger partial charge in [0.2, 0.25) is 11.8 Å². The molecule has 1 aliphatic heterocycles. The number of carbonyl (C=O) groups is 1. The van der Waals surface area contributed by atoms with Crippen molar-refractivity contribution >= 4 is 17.7 Å². The van der Waals surface area contributed by atoms with Crippen molar-refractivity contribution in [1.82, 2.24) is 9.97 Å². The molecule has 0 spiro atoms. The van der Waals surface area contributed by atoms with Crippen LogP contribution in [0.15, 0.2) is 34.3 Å². The van der Waals surface area contributed by atoms with Gasteiger partial charge in [-0.05, 0) is 36.9 Å². The van der Waals surface area contributed by atoms with E-state index < -0.39 is 0 Å². The molecule has 0 bridgehead atoms. The SMILES string of the molecule is COc1cc(OC)nc(Sc2ccc3c(c2)C(C)OC3=O)n1. The maximum atomic E-state index is 11.6. The number of rotatable bonds is 4. The summed E-state index contributed by atoms with van der Waals surface area (Å²) in [5, 5.41) is 0.508. The maximum Gasteiger partial charge on any atom is 0.339 e. The van der Waals surface area contributed by atoms with E-state index in [4.69, 9.17) is 14.2 Å². The van der Waals surface area contributed by atoms with E-state index in [2.05, 4.69) is 9.97 Å². The number of carbonyl (C=O) groups excluding carboxylic acids is 1. The largest absolute Gasteiger partial charge is 0.481 e. The predicted molar refractivity (Wildman–Crippen MR) is 79.5 cm³/mol. The Balaban J connectivity index is 1.91. The second-order valence-corrected chi connectivity index (χ2v) is 5.67. The summed E-state index contributed by atoms with van der Waals surface area (Å²) in [5.41, 5.74) is 1.49. The molecule has 114 valence electrons. The van der Waals surface area contributed by atoms with Crippen molar-refractivity contribution in [2.24, 2.45) is 0 Å². The number of methoxy groups -OCH3 is 2. The van der Waals surface area contributed by atoms with Crippen molar-refractivity contribution in [1.29, 1.82) is 0 Å². The molecule has 0 amide bonds. The van der Waals surface area contributed by atoms with Crippen LogP contribution in [0.4, 0.5) is 0 Å². The van der Waals surface area contributed by atoms with E-state index in [1.54, 1.807) is 12.1 Å². The van der Waals surface area contributed by atoms with E-state index in [0.29, 0.717) is 22.5 Å². The Morgan fingerprint density at radius 2 is 1.82 bits per heavy atom. The highest BCUT2D eigenvalue weighted by atomic mass is 32.2. The fraction of sp³-hybridized carbons (Fsp3) is 0.267. The molecule has 0 aliphatic carbocycles. The van der Waals surface area contributed by atoms with Gasteiger partial charge in [0.05, 0.1) is 25.8 Å². The summed E-state index contributed by atoms with van der Waals surface area (Å²) in [6, 6.07) is 7.14. The zero-order chi connectivity index (χ0) is 15.7. The van der Waals surface area contributed by atoms with Crippen molar-refractivity contribution in [3.63, 3.8) is 0 Å². The topological polar surface area (TPSA) is 70.5 Å². The summed E-state index contributed by atoms with van der Waals surface area (Å²) in [6.07, 6.45) is -0.233. The lowest BCUT2D eigenvalue weighted by Crippen LogP contribution is -1.96. The minimum Gasteiger partial charge on any atom is -0.481 e. The van der Waals surface area contributed by atoms with Gasteiger partial charge in [-0.2, -0.15) is 9.97 Å². The van der Waals surface area contributed by atoms with Gasteiger partial charge in [-0.3, -0.25) is 0 Å². The number of fused-ring (bicyclic) bond motifs is 1. The maximum absolute atomic E-state index is 11.6. The van der Waals surface area contributed by atoms with Crippen LogP contribution in [0, 0.1) is 0 Å². The standard InChI is InChI=1S/C15H14N2O4S/c1-8-11-6-9(4-5-10(11)14(18)21-8)22-15-16-12(19-2)7-13(17-15)20-3/h4-8H,1-3H3. The van der Waals surface area contributed by atoms with Crippen LogP contribution in [0.25, 0.3) is 0 Å². The van der Waals surface area contributed by atoms with Crippen LogP contribution >= 0.6 is 11.8 Å². The number of ether oxygens (including phenoxy) is 3. The first kappa shape index (κ1) is 14.6. The van der Waals surface area contributed by atoms with Crippen LogP contribution in [0.1, 0.15) is 28.9 Å². The van der Waals surface area contributed by atoms with Gasteiger partial charge in [0.1, 0.15) is 6.10 Å². The van der Waals surface area contributed by atoms with Gasteiger partial charge in [0.25, 0.3) is 0 Å². The zero-order valence-electron chi connectivity index (χ0n) is 12.3. The highest BCUT2D eigenvalue weighted by molar-refractivity contribution is 7.99. The summed E-state index contributed by atoms with van der Waals surface area (Å²) in [7, 11) is 3.08. The molecule has 0 N–H and O–H groups in total. The number of aromatic nitrogens is 2. The highest BCUT2D eigenvalue weighted by Gasteiger charge is 2.27. The third kappa shape index (κ3) is 2.71. The first-order valence-electron chi connectivity index (χ1n) is 6.60. The van der Waals surface area contributed by atoms with E-state index in [-0.39, 0.29) is 12.1 Å². The van der Waals surface area contributed by atoms with Crippen molar-refractivity contribution < 1.29 is 19.0 Å². The van der Waals surface area contributed by atoms with E-state index in [1.807, 2.05) is 19.1 Å². The molecule has 22 heavy (non-hydrogen) atoms. The van der Waals surface area contributed by atoms with Gasteiger partial charge < -0.3 is 14.2 Å². The minimum atomic E-state index is -0.279. The molecule has 1 aromatic heterocycles. The molecule has 2 aromatic rings. The number of hydrogen-bond acceptors (Lipinski definition) is 7. The van der Waals surface area contributed by atoms with Crippen LogP contribution < -0.4 is 9.47 Å².